The highest BCUT2D eigenvalue weighted by molar-refractivity contribution is 6.14. The molecule has 6 nitrogen and oxygen atoms in total. The average Bonchev–Trinajstić information content (AvgIpc) is 2.47. The highest BCUT2D eigenvalue weighted by atomic mass is 16.5. The summed E-state index contributed by atoms with van der Waals surface area (Å²) in [4.78, 5) is 33.2. The van der Waals surface area contributed by atoms with E-state index in [0.717, 1.165) is 5.01 Å². The Morgan fingerprint density at radius 1 is 1.53 bits per heavy atom. The third-order valence-corrected chi connectivity index (χ3v) is 1.78. The Morgan fingerprint density at radius 2 is 2.20 bits per heavy atom. The Bertz CT molecular complexity index is 335. The van der Waals surface area contributed by atoms with E-state index < -0.39 is 17.8 Å². The van der Waals surface area contributed by atoms with Gasteiger partial charge in [0, 0.05) is 6.92 Å². The third kappa shape index (κ3) is 2.87. The van der Waals surface area contributed by atoms with E-state index in [1.165, 1.54) is 6.92 Å². The number of nitrogens with zero attached hydrogens (tertiary/aromatic N) is 2. The van der Waals surface area contributed by atoms with E-state index in [1.54, 1.807) is 6.92 Å². The number of carbonyl (C=O) groups excluding carboxylic acids is 3. The van der Waals surface area contributed by atoms with Crippen LogP contribution in [0.2, 0.25) is 0 Å². The summed E-state index contributed by atoms with van der Waals surface area (Å²) < 4.78 is 4.70. The van der Waals surface area contributed by atoms with Crippen molar-refractivity contribution in [3.8, 4) is 0 Å². The maximum atomic E-state index is 11.2. The molecular weight excluding hydrogens is 200 g/mol. The van der Waals surface area contributed by atoms with Gasteiger partial charge in [-0.1, -0.05) is 0 Å². The van der Waals surface area contributed by atoms with E-state index in [2.05, 4.69) is 5.10 Å². The van der Waals surface area contributed by atoms with Crippen LogP contribution in [0.1, 0.15) is 26.7 Å². The number of carbonyl (C=O) groups is 3. The zero-order valence-electron chi connectivity index (χ0n) is 8.65. The molecule has 0 fully saturated rings. The predicted octanol–water partition coefficient (Wildman–Crippen LogP) is 0.0744. The van der Waals surface area contributed by atoms with E-state index >= 15 is 0 Å². The molecule has 0 unspecified atom stereocenters. The highest BCUT2D eigenvalue weighted by Gasteiger charge is 2.28. The van der Waals surface area contributed by atoms with Crippen LogP contribution >= 0.6 is 0 Å². The van der Waals surface area contributed by atoms with Crippen LogP contribution in [0.25, 0.3) is 0 Å². The van der Waals surface area contributed by atoms with Gasteiger partial charge in [-0.25, -0.2) is 0 Å². The van der Waals surface area contributed by atoms with Gasteiger partial charge in [-0.15, -0.1) is 0 Å². The Kier molecular flexibility index (Phi) is 3.54. The van der Waals surface area contributed by atoms with E-state index in [0.29, 0.717) is 5.71 Å². The molecule has 1 rings (SSSR count). The smallest absolute Gasteiger partial charge is 0.311 e. The molecule has 0 bridgehead atoms. The fraction of sp³-hybridized carbons (Fsp3) is 0.556. The molecule has 1 aliphatic heterocycles. The minimum atomic E-state index is -0.446. The van der Waals surface area contributed by atoms with Gasteiger partial charge in [0.25, 0.3) is 5.91 Å². The lowest BCUT2D eigenvalue weighted by Gasteiger charge is -2.03. The van der Waals surface area contributed by atoms with E-state index in [4.69, 9.17) is 4.74 Å². The van der Waals surface area contributed by atoms with Gasteiger partial charge >= 0.3 is 5.97 Å². The zero-order valence-corrected chi connectivity index (χ0v) is 8.65. The minimum absolute atomic E-state index is 0.0123. The van der Waals surface area contributed by atoms with Crippen molar-refractivity contribution in [2.75, 3.05) is 6.61 Å². The van der Waals surface area contributed by atoms with E-state index in [9.17, 15) is 14.4 Å². The van der Waals surface area contributed by atoms with Gasteiger partial charge in [0.2, 0.25) is 5.91 Å². The quantitative estimate of drug-likeness (QED) is 0.620. The molecule has 0 spiro atoms. The molecule has 0 saturated carbocycles. The number of ether oxygens (including phenoxy) is 1. The van der Waals surface area contributed by atoms with Crippen molar-refractivity contribution in [1.82, 2.24) is 5.01 Å². The third-order valence-electron chi connectivity index (χ3n) is 1.78. The molecule has 0 aromatic carbocycles. The number of hydrogen-bond acceptors (Lipinski definition) is 5. The molecule has 0 aromatic rings. The van der Waals surface area contributed by atoms with Crippen molar-refractivity contribution in [2.24, 2.45) is 5.10 Å². The molecule has 1 heterocycles. The fourth-order valence-corrected chi connectivity index (χ4v) is 1.20. The van der Waals surface area contributed by atoms with Crippen LogP contribution in [0.15, 0.2) is 5.10 Å². The summed E-state index contributed by atoms with van der Waals surface area (Å²) in [5.74, 6) is -1.28. The minimum Gasteiger partial charge on any atom is -0.466 e. The maximum Gasteiger partial charge on any atom is 0.311 e. The summed E-state index contributed by atoms with van der Waals surface area (Å²) in [6.07, 6.45) is -0.0260. The van der Waals surface area contributed by atoms with Crippen molar-refractivity contribution < 1.29 is 19.1 Å². The van der Waals surface area contributed by atoms with Gasteiger partial charge in [0.15, 0.2) is 0 Å². The number of rotatable bonds is 3. The number of esters is 1. The second kappa shape index (κ2) is 4.68. The number of hydrogen-bond donors (Lipinski definition) is 0. The number of amides is 2. The van der Waals surface area contributed by atoms with Crippen molar-refractivity contribution in [3.05, 3.63) is 0 Å². The maximum absolute atomic E-state index is 11.2. The lowest BCUT2D eigenvalue weighted by atomic mass is 10.2. The van der Waals surface area contributed by atoms with Crippen LogP contribution in [0.3, 0.4) is 0 Å². The van der Waals surface area contributed by atoms with Gasteiger partial charge in [0.05, 0.1) is 25.2 Å². The first-order valence-electron chi connectivity index (χ1n) is 4.60. The Labute approximate surface area is 86.9 Å². The van der Waals surface area contributed by atoms with Crippen molar-refractivity contribution in [2.45, 2.75) is 26.7 Å². The van der Waals surface area contributed by atoms with Crippen LogP contribution in [0, 0.1) is 0 Å². The van der Waals surface area contributed by atoms with Crippen LogP contribution in [0.4, 0.5) is 0 Å². The van der Waals surface area contributed by atoms with Crippen LogP contribution in [0.5, 0.6) is 0 Å². The largest absolute Gasteiger partial charge is 0.466 e. The molecule has 0 aromatic heterocycles. The normalized spacial score (nSPS) is 15.2. The van der Waals surface area contributed by atoms with Crippen molar-refractivity contribution in [3.63, 3.8) is 0 Å². The Hall–Kier alpha value is -1.72. The molecule has 0 atom stereocenters. The predicted molar refractivity (Wildman–Crippen MR) is 50.8 cm³/mol. The second-order valence-electron chi connectivity index (χ2n) is 3.05. The Balaban J connectivity index is 2.59. The fourth-order valence-electron chi connectivity index (χ4n) is 1.20. The monoisotopic (exact) mass is 212 g/mol. The summed E-state index contributed by atoms with van der Waals surface area (Å²) in [5, 5.41) is 4.51. The second-order valence-corrected chi connectivity index (χ2v) is 3.05. The highest BCUT2D eigenvalue weighted by Crippen LogP contribution is 2.11. The average molecular weight is 212 g/mol. The molecular formula is C9H12N2O4. The lowest BCUT2D eigenvalue weighted by molar-refractivity contribution is -0.142. The summed E-state index contributed by atoms with van der Waals surface area (Å²) >= 11 is 0. The van der Waals surface area contributed by atoms with Gasteiger partial charge in [0.1, 0.15) is 0 Å². The first-order valence-corrected chi connectivity index (χ1v) is 4.60. The lowest BCUT2D eigenvalue weighted by Crippen LogP contribution is -2.25. The topological polar surface area (TPSA) is 76.0 Å². The summed E-state index contributed by atoms with van der Waals surface area (Å²) in [5.41, 5.74) is 0.369. The molecule has 2 amide bonds. The molecule has 0 saturated heterocycles. The van der Waals surface area contributed by atoms with E-state index in [1.807, 2.05) is 0 Å². The first kappa shape index (κ1) is 11.4. The van der Waals surface area contributed by atoms with Gasteiger partial charge < -0.3 is 4.74 Å². The first-order chi connectivity index (χ1) is 7.04. The van der Waals surface area contributed by atoms with Gasteiger partial charge in [-0.3, -0.25) is 14.4 Å². The molecule has 0 N–H and O–H groups in total. The van der Waals surface area contributed by atoms with E-state index in [-0.39, 0.29) is 19.4 Å². The van der Waals surface area contributed by atoms with Crippen LogP contribution in [-0.4, -0.2) is 35.1 Å². The summed E-state index contributed by atoms with van der Waals surface area (Å²) in [6, 6.07) is 0. The molecule has 6 heteroatoms. The van der Waals surface area contributed by atoms with Gasteiger partial charge in [-0.2, -0.15) is 10.1 Å². The molecule has 82 valence electrons. The standard InChI is InChI=1S/C9H12N2O4/c1-3-15-9(14)5-7-4-8(13)11(10-7)6(2)12/h3-5H2,1-2H3. The number of hydrazone groups is 1. The van der Waals surface area contributed by atoms with Gasteiger partial charge in [-0.05, 0) is 6.92 Å². The van der Waals surface area contributed by atoms with Crippen molar-refractivity contribution in [1.29, 1.82) is 0 Å². The zero-order chi connectivity index (χ0) is 11.4. The van der Waals surface area contributed by atoms with Crippen LogP contribution in [-0.2, 0) is 19.1 Å². The molecule has 0 aliphatic carbocycles. The molecule has 0 radical (unpaired) electrons. The SMILES string of the molecule is CCOC(=O)CC1=NN(C(C)=O)C(=O)C1. The Morgan fingerprint density at radius 3 is 2.67 bits per heavy atom. The van der Waals surface area contributed by atoms with Crippen molar-refractivity contribution >= 4 is 23.5 Å². The van der Waals surface area contributed by atoms with Crippen LogP contribution < -0.4 is 0 Å². The molecule has 15 heavy (non-hydrogen) atoms. The summed E-state index contributed by atoms with van der Waals surface area (Å²) in [6.45, 7) is 3.23. The number of imide groups is 1. The summed E-state index contributed by atoms with van der Waals surface area (Å²) in [7, 11) is 0. The molecule has 1 aliphatic rings.